The van der Waals surface area contributed by atoms with Gasteiger partial charge in [-0.2, -0.15) is 0 Å². The molecule has 2 rings (SSSR count). The third-order valence-corrected chi connectivity index (χ3v) is 4.08. The van der Waals surface area contributed by atoms with Gasteiger partial charge in [0, 0.05) is 12.1 Å². The fraction of sp³-hybridized carbons (Fsp3) is 0.333. The number of nitrogens with one attached hydrogen (secondary N) is 2. The van der Waals surface area contributed by atoms with Gasteiger partial charge in [-0.25, -0.2) is 0 Å². The highest BCUT2D eigenvalue weighted by molar-refractivity contribution is 5.90. The van der Waals surface area contributed by atoms with Gasteiger partial charge in [0.15, 0.2) is 6.61 Å². The Morgan fingerprint density at radius 1 is 1.04 bits per heavy atom. The highest BCUT2D eigenvalue weighted by Gasteiger charge is 2.11. The van der Waals surface area contributed by atoms with E-state index in [1.807, 2.05) is 70.2 Å². The second-order valence-electron chi connectivity index (χ2n) is 6.37. The molecule has 0 aliphatic carbocycles. The SMILES string of the molecule is CCC(=O)Nc1ccc(C(C)NC(=O)COc2ccc(C)cc2C)cc1. The molecule has 0 aromatic heterocycles. The number of rotatable bonds is 7. The molecule has 0 radical (unpaired) electrons. The van der Waals surface area contributed by atoms with Crippen molar-refractivity contribution >= 4 is 17.5 Å². The van der Waals surface area contributed by atoms with Gasteiger partial charge in [0.25, 0.3) is 5.91 Å². The van der Waals surface area contributed by atoms with Crippen LogP contribution in [0.3, 0.4) is 0 Å². The summed E-state index contributed by atoms with van der Waals surface area (Å²) in [5, 5.41) is 5.72. The summed E-state index contributed by atoms with van der Waals surface area (Å²) in [5.74, 6) is 0.512. The molecule has 2 amide bonds. The minimum atomic E-state index is -0.180. The standard InChI is InChI=1S/C21H26N2O3/c1-5-20(24)23-18-9-7-17(8-10-18)16(4)22-21(25)13-26-19-11-6-14(2)12-15(19)3/h6-12,16H,5,13H2,1-4H3,(H,22,25)(H,23,24). The summed E-state index contributed by atoms with van der Waals surface area (Å²) < 4.78 is 5.61. The predicted octanol–water partition coefficient (Wildman–Crippen LogP) is 3.91. The average Bonchev–Trinajstić information content (AvgIpc) is 2.61. The Balaban J connectivity index is 1.87. The Morgan fingerprint density at radius 3 is 2.35 bits per heavy atom. The predicted molar refractivity (Wildman–Crippen MR) is 103 cm³/mol. The smallest absolute Gasteiger partial charge is 0.258 e. The number of benzene rings is 2. The average molecular weight is 354 g/mol. The Bertz CT molecular complexity index is 769. The molecule has 0 aliphatic heterocycles. The molecule has 5 heteroatoms. The number of ether oxygens (including phenoxy) is 1. The van der Waals surface area contributed by atoms with E-state index in [1.54, 1.807) is 0 Å². The fourth-order valence-electron chi connectivity index (χ4n) is 2.58. The van der Waals surface area contributed by atoms with Gasteiger partial charge in [-0.3, -0.25) is 9.59 Å². The summed E-state index contributed by atoms with van der Waals surface area (Å²) in [6.07, 6.45) is 0.439. The van der Waals surface area contributed by atoms with Crippen LogP contribution in [0.4, 0.5) is 5.69 Å². The van der Waals surface area contributed by atoms with Crippen molar-refractivity contribution in [1.82, 2.24) is 5.32 Å². The van der Waals surface area contributed by atoms with Crippen molar-refractivity contribution < 1.29 is 14.3 Å². The van der Waals surface area contributed by atoms with Crippen molar-refractivity contribution in [3.05, 3.63) is 59.2 Å². The molecular weight excluding hydrogens is 328 g/mol. The molecule has 0 saturated heterocycles. The maximum atomic E-state index is 12.1. The Kier molecular flexibility index (Phi) is 6.78. The number of anilines is 1. The van der Waals surface area contributed by atoms with Crippen molar-refractivity contribution in [2.75, 3.05) is 11.9 Å². The van der Waals surface area contributed by atoms with E-state index in [9.17, 15) is 9.59 Å². The van der Waals surface area contributed by atoms with Crippen LogP contribution in [0.5, 0.6) is 5.75 Å². The van der Waals surface area contributed by atoms with Crippen LogP contribution in [-0.2, 0) is 9.59 Å². The van der Waals surface area contributed by atoms with E-state index in [2.05, 4.69) is 10.6 Å². The Labute approximate surface area is 154 Å². The molecule has 0 aliphatic rings. The number of hydrogen-bond donors (Lipinski definition) is 2. The van der Waals surface area contributed by atoms with Crippen LogP contribution in [0.25, 0.3) is 0 Å². The molecule has 0 heterocycles. The lowest BCUT2D eigenvalue weighted by Crippen LogP contribution is -2.31. The van der Waals surface area contributed by atoms with Gasteiger partial charge in [-0.05, 0) is 50.1 Å². The molecule has 2 aromatic rings. The van der Waals surface area contributed by atoms with Crippen LogP contribution in [-0.4, -0.2) is 18.4 Å². The molecule has 1 atom stereocenters. The summed E-state index contributed by atoms with van der Waals surface area (Å²) in [5.41, 5.74) is 3.87. The lowest BCUT2D eigenvalue weighted by atomic mass is 10.1. The van der Waals surface area contributed by atoms with E-state index < -0.39 is 0 Å². The summed E-state index contributed by atoms with van der Waals surface area (Å²) in [6.45, 7) is 7.67. The normalized spacial score (nSPS) is 11.5. The van der Waals surface area contributed by atoms with Gasteiger partial charge >= 0.3 is 0 Å². The van der Waals surface area contributed by atoms with Crippen molar-refractivity contribution in [3.8, 4) is 5.75 Å². The number of carbonyl (C=O) groups excluding carboxylic acids is 2. The molecule has 26 heavy (non-hydrogen) atoms. The zero-order valence-corrected chi connectivity index (χ0v) is 15.8. The molecule has 2 aromatic carbocycles. The van der Waals surface area contributed by atoms with Gasteiger partial charge in [-0.15, -0.1) is 0 Å². The summed E-state index contributed by atoms with van der Waals surface area (Å²) in [4.78, 5) is 23.5. The second-order valence-corrected chi connectivity index (χ2v) is 6.37. The Hall–Kier alpha value is -2.82. The summed E-state index contributed by atoms with van der Waals surface area (Å²) >= 11 is 0. The van der Waals surface area contributed by atoms with Crippen molar-refractivity contribution in [3.63, 3.8) is 0 Å². The number of carbonyl (C=O) groups is 2. The van der Waals surface area contributed by atoms with Gasteiger partial charge in [0.2, 0.25) is 5.91 Å². The molecule has 138 valence electrons. The quantitative estimate of drug-likeness (QED) is 0.792. The first-order valence-corrected chi connectivity index (χ1v) is 8.78. The van der Waals surface area contributed by atoms with Gasteiger partial charge in [0.05, 0.1) is 6.04 Å². The topological polar surface area (TPSA) is 67.4 Å². The van der Waals surface area contributed by atoms with E-state index >= 15 is 0 Å². The summed E-state index contributed by atoms with van der Waals surface area (Å²) in [6, 6.07) is 13.2. The van der Waals surface area contributed by atoms with Crippen molar-refractivity contribution in [2.24, 2.45) is 0 Å². The fourth-order valence-corrected chi connectivity index (χ4v) is 2.58. The molecule has 0 fully saturated rings. The number of amides is 2. The van der Waals surface area contributed by atoms with Gasteiger partial charge in [-0.1, -0.05) is 36.8 Å². The second kappa shape index (κ2) is 9.04. The first-order valence-electron chi connectivity index (χ1n) is 8.78. The van der Waals surface area contributed by atoms with Crippen LogP contribution in [0.15, 0.2) is 42.5 Å². The monoisotopic (exact) mass is 354 g/mol. The van der Waals surface area contributed by atoms with Crippen LogP contribution in [0, 0.1) is 13.8 Å². The van der Waals surface area contributed by atoms with E-state index in [1.165, 1.54) is 0 Å². The van der Waals surface area contributed by atoms with E-state index in [0.717, 1.165) is 28.1 Å². The molecule has 2 N–H and O–H groups in total. The molecular formula is C21H26N2O3. The zero-order valence-electron chi connectivity index (χ0n) is 15.8. The lowest BCUT2D eigenvalue weighted by molar-refractivity contribution is -0.123. The van der Waals surface area contributed by atoms with Gasteiger partial charge in [0.1, 0.15) is 5.75 Å². The maximum Gasteiger partial charge on any atom is 0.258 e. The Morgan fingerprint density at radius 2 is 1.73 bits per heavy atom. The summed E-state index contributed by atoms with van der Waals surface area (Å²) in [7, 11) is 0. The minimum absolute atomic E-state index is 0.0253. The molecule has 0 bridgehead atoms. The first-order chi connectivity index (χ1) is 12.4. The van der Waals surface area contributed by atoms with E-state index in [-0.39, 0.29) is 24.5 Å². The third-order valence-electron chi connectivity index (χ3n) is 4.08. The van der Waals surface area contributed by atoms with Gasteiger partial charge < -0.3 is 15.4 Å². The molecule has 0 saturated carbocycles. The molecule has 5 nitrogen and oxygen atoms in total. The number of hydrogen-bond acceptors (Lipinski definition) is 3. The van der Waals surface area contributed by atoms with E-state index in [0.29, 0.717) is 6.42 Å². The van der Waals surface area contributed by atoms with Crippen LogP contribution >= 0.6 is 0 Å². The van der Waals surface area contributed by atoms with Crippen LogP contribution < -0.4 is 15.4 Å². The highest BCUT2D eigenvalue weighted by Crippen LogP contribution is 2.19. The first kappa shape index (κ1) is 19.5. The zero-order chi connectivity index (χ0) is 19.1. The van der Waals surface area contributed by atoms with Crippen LogP contribution in [0.2, 0.25) is 0 Å². The molecule has 1 unspecified atom stereocenters. The highest BCUT2D eigenvalue weighted by atomic mass is 16.5. The molecule has 0 spiro atoms. The van der Waals surface area contributed by atoms with Crippen molar-refractivity contribution in [2.45, 2.75) is 40.2 Å². The minimum Gasteiger partial charge on any atom is -0.484 e. The largest absolute Gasteiger partial charge is 0.484 e. The van der Waals surface area contributed by atoms with Crippen molar-refractivity contribution in [1.29, 1.82) is 0 Å². The van der Waals surface area contributed by atoms with E-state index in [4.69, 9.17) is 4.74 Å². The maximum absolute atomic E-state index is 12.1. The third kappa shape index (κ3) is 5.62. The van der Waals surface area contributed by atoms with Crippen LogP contribution in [0.1, 0.15) is 43.0 Å². The number of aryl methyl sites for hydroxylation is 2. The lowest BCUT2D eigenvalue weighted by Gasteiger charge is -2.16.